The fourth-order valence-electron chi connectivity index (χ4n) is 1.54. The molecule has 0 aliphatic carbocycles. The third-order valence-corrected chi connectivity index (χ3v) is 2.66. The SMILES string of the molecule is CC(C)OCCN(C)Cc1ccnc(C(N)=S)c1. The molecule has 1 aromatic heterocycles. The zero-order chi connectivity index (χ0) is 13.5. The molecule has 2 N–H and O–H groups in total. The summed E-state index contributed by atoms with van der Waals surface area (Å²) in [4.78, 5) is 6.65. The Morgan fingerprint density at radius 2 is 2.28 bits per heavy atom. The molecule has 0 fully saturated rings. The van der Waals surface area contributed by atoms with Gasteiger partial charge in [0.25, 0.3) is 0 Å². The number of aromatic nitrogens is 1. The van der Waals surface area contributed by atoms with Crippen LogP contribution in [0.25, 0.3) is 0 Å². The van der Waals surface area contributed by atoms with E-state index in [9.17, 15) is 0 Å². The highest BCUT2D eigenvalue weighted by Crippen LogP contribution is 2.05. The van der Waals surface area contributed by atoms with Gasteiger partial charge in [-0.3, -0.25) is 9.88 Å². The fraction of sp³-hybridized carbons (Fsp3) is 0.538. The van der Waals surface area contributed by atoms with E-state index in [0.717, 1.165) is 25.3 Å². The van der Waals surface area contributed by atoms with Gasteiger partial charge in [0.1, 0.15) is 4.99 Å². The summed E-state index contributed by atoms with van der Waals surface area (Å²) in [5, 5.41) is 0. The number of pyridine rings is 1. The first-order valence-corrected chi connectivity index (χ1v) is 6.44. The lowest BCUT2D eigenvalue weighted by atomic mass is 10.2. The summed E-state index contributed by atoms with van der Waals surface area (Å²) in [5.41, 5.74) is 7.39. The van der Waals surface area contributed by atoms with Gasteiger partial charge in [0, 0.05) is 19.3 Å². The zero-order valence-electron chi connectivity index (χ0n) is 11.2. The van der Waals surface area contributed by atoms with E-state index in [-0.39, 0.29) is 6.10 Å². The molecule has 0 aliphatic rings. The maximum absolute atomic E-state index is 5.56. The molecule has 0 bridgehead atoms. The van der Waals surface area contributed by atoms with Gasteiger partial charge in [-0.1, -0.05) is 12.2 Å². The second-order valence-electron chi connectivity index (χ2n) is 4.57. The molecule has 0 atom stereocenters. The average molecular weight is 267 g/mol. The Morgan fingerprint density at radius 1 is 1.56 bits per heavy atom. The Kier molecular flexibility index (Phi) is 6.18. The van der Waals surface area contributed by atoms with E-state index in [1.165, 1.54) is 0 Å². The molecule has 18 heavy (non-hydrogen) atoms. The zero-order valence-corrected chi connectivity index (χ0v) is 12.0. The first kappa shape index (κ1) is 15.0. The lowest BCUT2D eigenvalue weighted by Gasteiger charge is -2.17. The molecule has 0 aromatic carbocycles. The Hall–Kier alpha value is -1.04. The topological polar surface area (TPSA) is 51.4 Å². The van der Waals surface area contributed by atoms with E-state index in [1.54, 1.807) is 6.20 Å². The molecule has 5 heteroatoms. The number of hydrogen-bond donors (Lipinski definition) is 1. The number of rotatable bonds is 7. The Morgan fingerprint density at radius 3 is 2.89 bits per heavy atom. The molecule has 1 rings (SSSR count). The van der Waals surface area contributed by atoms with Crippen molar-refractivity contribution in [3.8, 4) is 0 Å². The average Bonchev–Trinajstić information content (AvgIpc) is 2.28. The van der Waals surface area contributed by atoms with Crippen LogP contribution in [-0.2, 0) is 11.3 Å². The van der Waals surface area contributed by atoms with Gasteiger partial charge in [-0.25, -0.2) is 0 Å². The number of nitrogens with zero attached hydrogens (tertiary/aromatic N) is 2. The molecule has 0 saturated heterocycles. The minimum absolute atomic E-state index is 0.278. The molecule has 0 amide bonds. The monoisotopic (exact) mass is 267 g/mol. The van der Waals surface area contributed by atoms with Crippen LogP contribution in [0.1, 0.15) is 25.1 Å². The van der Waals surface area contributed by atoms with Crippen LogP contribution in [-0.4, -0.2) is 41.2 Å². The van der Waals surface area contributed by atoms with E-state index < -0.39 is 0 Å². The largest absolute Gasteiger partial charge is 0.388 e. The Bertz CT molecular complexity index is 396. The summed E-state index contributed by atoms with van der Waals surface area (Å²) in [6.45, 7) is 6.54. The number of hydrogen-bond acceptors (Lipinski definition) is 4. The molecule has 4 nitrogen and oxygen atoms in total. The van der Waals surface area contributed by atoms with Gasteiger partial charge in [0.05, 0.1) is 18.4 Å². The summed E-state index contributed by atoms with van der Waals surface area (Å²) in [6, 6.07) is 3.91. The smallest absolute Gasteiger partial charge is 0.122 e. The van der Waals surface area contributed by atoms with Crippen LogP contribution >= 0.6 is 12.2 Å². The van der Waals surface area contributed by atoms with Crippen LogP contribution in [0.3, 0.4) is 0 Å². The van der Waals surface area contributed by atoms with Crippen molar-refractivity contribution in [2.24, 2.45) is 5.73 Å². The van der Waals surface area contributed by atoms with Crippen LogP contribution in [0.2, 0.25) is 0 Å². The second-order valence-corrected chi connectivity index (χ2v) is 5.01. The fourth-order valence-corrected chi connectivity index (χ4v) is 1.65. The number of ether oxygens (including phenoxy) is 1. The molecule has 1 aromatic rings. The van der Waals surface area contributed by atoms with Crippen molar-refractivity contribution < 1.29 is 4.74 Å². The number of likely N-dealkylation sites (N-methyl/N-ethyl adjacent to an activating group) is 1. The number of thiocarbonyl (C=S) groups is 1. The quantitative estimate of drug-likeness (QED) is 0.760. The summed E-state index contributed by atoms with van der Waals surface area (Å²) in [6.07, 6.45) is 2.02. The molecule has 0 saturated carbocycles. The van der Waals surface area contributed by atoms with Crippen molar-refractivity contribution in [2.75, 3.05) is 20.2 Å². The van der Waals surface area contributed by atoms with Crippen LogP contribution in [0.15, 0.2) is 18.3 Å². The molecular weight excluding hydrogens is 246 g/mol. The summed E-state index contributed by atoms with van der Waals surface area (Å²) in [5.74, 6) is 0. The minimum Gasteiger partial charge on any atom is -0.388 e. The van der Waals surface area contributed by atoms with Crippen molar-refractivity contribution in [3.63, 3.8) is 0 Å². The van der Waals surface area contributed by atoms with Crippen LogP contribution in [0.5, 0.6) is 0 Å². The normalized spacial score (nSPS) is 11.2. The maximum atomic E-state index is 5.56. The van der Waals surface area contributed by atoms with Crippen LogP contribution in [0.4, 0.5) is 0 Å². The first-order chi connectivity index (χ1) is 8.49. The van der Waals surface area contributed by atoms with Gasteiger partial charge in [-0.05, 0) is 38.6 Å². The van der Waals surface area contributed by atoms with E-state index in [1.807, 2.05) is 26.0 Å². The summed E-state index contributed by atoms with van der Waals surface area (Å²) < 4.78 is 5.52. The third kappa shape index (κ3) is 5.53. The van der Waals surface area contributed by atoms with Crippen LogP contribution in [0, 0.1) is 0 Å². The van der Waals surface area contributed by atoms with Crippen molar-refractivity contribution in [3.05, 3.63) is 29.6 Å². The highest BCUT2D eigenvalue weighted by atomic mass is 32.1. The van der Waals surface area contributed by atoms with Crippen LogP contribution < -0.4 is 5.73 Å². The van der Waals surface area contributed by atoms with E-state index in [0.29, 0.717) is 10.7 Å². The molecule has 0 aliphatic heterocycles. The highest BCUT2D eigenvalue weighted by molar-refractivity contribution is 7.80. The van der Waals surface area contributed by atoms with Gasteiger partial charge in [0.15, 0.2) is 0 Å². The van der Waals surface area contributed by atoms with Crippen molar-refractivity contribution in [2.45, 2.75) is 26.5 Å². The molecular formula is C13H21N3OS. The van der Waals surface area contributed by atoms with Gasteiger partial charge < -0.3 is 10.5 Å². The molecule has 1 heterocycles. The van der Waals surface area contributed by atoms with Gasteiger partial charge in [-0.2, -0.15) is 0 Å². The second kappa shape index (κ2) is 7.41. The molecule has 0 radical (unpaired) electrons. The lowest BCUT2D eigenvalue weighted by Crippen LogP contribution is -2.24. The maximum Gasteiger partial charge on any atom is 0.122 e. The lowest BCUT2D eigenvalue weighted by molar-refractivity contribution is 0.0627. The van der Waals surface area contributed by atoms with E-state index in [2.05, 4.69) is 16.9 Å². The summed E-state index contributed by atoms with van der Waals surface area (Å²) >= 11 is 4.92. The van der Waals surface area contributed by atoms with Gasteiger partial charge in [-0.15, -0.1) is 0 Å². The molecule has 0 unspecified atom stereocenters. The van der Waals surface area contributed by atoms with E-state index >= 15 is 0 Å². The summed E-state index contributed by atoms with van der Waals surface area (Å²) in [7, 11) is 2.06. The predicted octanol–water partition coefficient (Wildman–Crippen LogP) is 1.57. The third-order valence-electron chi connectivity index (χ3n) is 2.45. The standard InChI is InChI=1S/C13H21N3OS/c1-10(2)17-7-6-16(3)9-11-4-5-15-12(8-11)13(14)18/h4-5,8,10H,6-7,9H2,1-3H3,(H2,14,18). The Labute approximate surface area is 114 Å². The minimum atomic E-state index is 0.278. The number of nitrogens with two attached hydrogens (primary N) is 1. The van der Waals surface area contributed by atoms with Crippen molar-refractivity contribution in [1.29, 1.82) is 0 Å². The van der Waals surface area contributed by atoms with Crippen molar-refractivity contribution >= 4 is 17.2 Å². The predicted molar refractivity (Wildman–Crippen MR) is 77.5 cm³/mol. The molecule has 100 valence electrons. The van der Waals surface area contributed by atoms with E-state index in [4.69, 9.17) is 22.7 Å². The first-order valence-electron chi connectivity index (χ1n) is 6.04. The Balaban J connectivity index is 2.46. The van der Waals surface area contributed by atoms with Gasteiger partial charge >= 0.3 is 0 Å². The highest BCUT2D eigenvalue weighted by Gasteiger charge is 2.04. The van der Waals surface area contributed by atoms with Crippen molar-refractivity contribution in [1.82, 2.24) is 9.88 Å². The molecule has 0 spiro atoms. The van der Waals surface area contributed by atoms with Gasteiger partial charge in [0.2, 0.25) is 0 Å².